The van der Waals surface area contributed by atoms with E-state index in [0.29, 0.717) is 17.7 Å². The molecule has 25 heavy (non-hydrogen) atoms. The summed E-state index contributed by atoms with van der Waals surface area (Å²) in [6.45, 7) is 3.20. The fraction of sp³-hybridized carbons (Fsp3) is 0.500. The van der Waals surface area contributed by atoms with E-state index in [0.717, 1.165) is 24.2 Å². The average Bonchev–Trinajstić information content (AvgIpc) is 2.79. The van der Waals surface area contributed by atoms with E-state index in [9.17, 15) is 18.8 Å². The number of halogens is 1. The van der Waals surface area contributed by atoms with E-state index in [1.54, 1.807) is 19.1 Å². The molecule has 7 heteroatoms. The Morgan fingerprint density at radius 3 is 2.84 bits per heavy atom. The summed E-state index contributed by atoms with van der Waals surface area (Å²) < 4.78 is 13.6. The van der Waals surface area contributed by atoms with Gasteiger partial charge in [0.05, 0.1) is 0 Å². The molecule has 2 aliphatic rings. The van der Waals surface area contributed by atoms with Gasteiger partial charge in [0.25, 0.3) is 5.91 Å². The maximum atomic E-state index is 13.6. The molecule has 1 aliphatic heterocycles. The fourth-order valence-electron chi connectivity index (χ4n) is 3.65. The van der Waals surface area contributed by atoms with Crippen LogP contribution in [-0.4, -0.2) is 34.8 Å². The van der Waals surface area contributed by atoms with E-state index >= 15 is 0 Å². The maximum absolute atomic E-state index is 13.6. The lowest BCUT2D eigenvalue weighted by molar-refractivity contribution is -0.136. The average molecular weight is 347 g/mol. The number of anilines is 1. The summed E-state index contributed by atoms with van der Waals surface area (Å²) in [5.74, 6) is -1.26. The number of imide groups is 1. The van der Waals surface area contributed by atoms with Gasteiger partial charge in [0.2, 0.25) is 5.91 Å². The van der Waals surface area contributed by atoms with Crippen molar-refractivity contribution in [1.29, 1.82) is 0 Å². The molecule has 2 N–H and O–H groups in total. The molecule has 1 aromatic carbocycles. The third kappa shape index (κ3) is 3.10. The zero-order chi connectivity index (χ0) is 18.2. The molecule has 1 heterocycles. The maximum Gasteiger partial charge on any atom is 0.325 e. The Morgan fingerprint density at radius 2 is 2.16 bits per heavy atom. The SMILES string of the molecule is Cc1ccc(NC(=O)CN2C(=O)N[C@@]3(CCCC[C@@H]3C)C2=O)cc1F. The van der Waals surface area contributed by atoms with Crippen molar-refractivity contribution in [3.63, 3.8) is 0 Å². The Morgan fingerprint density at radius 1 is 1.40 bits per heavy atom. The van der Waals surface area contributed by atoms with Crippen molar-refractivity contribution in [3.05, 3.63) is 29.6 Å². The van der Waals surface area contributed by atoms with Gasteiger partial charge >= 0.3 is 6.03 Å². The van der Waals surface area contributed by atoms with E-state index < -0.39 is 23.3 Å². The van der Waals surface area contributed by atoms with Gasteiger partial charge in [-0.15, -0.1) is 0 Å². The minimum Gasteiger partial charge on any atom is -0.324 e. The lowest BCUT2D eigenvalue weighted by Gasteiger charge is -2.36. The molecule has 1 spiro atoms. The van der Waals surface area contributed by atoms with Crippen LogP contribution in [-0.2, 0) is 9.59 Å². The number of rotatable bonds is 3. The summed E-state index contributed by atoms with van der Waals surface area (Å²) in [6, 6.07) is 3.80. The molecule has 4 amide bonds. The van der Waals surface area contributed by atoms with Crippen LogP contribution in [0, 0.1) is 18.7 Å². The van der Waals surface area contributed by atoms with Crippen molar-refractivity contribution in [2.75, 3.05) is 11.9 Å². The smallest absolute Gasteiger partial charge is 0.324 e. The standard InChI is InChI=1S/C18H22FN3O3/c1-11-6-7-13(9-14(11)19)20-15(23)10-22-16(24)18(21-17(22)25)8-4-3-5-12(18)2/h6-7,9,12H,3-5,8,10H2,1-2H3,(H,20,23)(H,21,25)/t12-,18+/m0/s1. The highest BCUT2D eigenvalue weighted by molar-refractivity contribution is 6.10. The molecule has 0 aromatic heterocycles. The van der Waals surface area contributed by atoms with Gasteiger partial charge in [0, 0.05) is 5.69 Å². The number of carbonyl (C=O) groups is 3. The summed E-state index contributed by atoms with van der Waals surface area (Å²) in [4.78, 5) is 38.2. The molecule has 2 fully saturated rings. The molecule has 134 valence electrons. The molecule has 2 atom stereocenters. The number of urea groups is 1. The van der Waals surface area contributed by atoms with Crippen molar-refractivity contribution >= 4 is 23.5 Å². The molecule has 1 saturated heterocycles. The van der Waals surface area contributed by atoms with Gasteiger partial charge in [-0.25, -0.2) is 9.18 Å². The second-order valence-electron chi connectivity index (χ2n) is 6.95. The first-order valence-corrected chi connectivity index (χ1v) is 8.53. The zero-order valence-electron chi connectivity index (χ0n) is 14.4. The van der Waals surface area contributed by atoms with Crippen LogP contribution in [0.5, 0.6) is 0 Å². The molecule has 0 radical (unpaired) electrons. The lowest BCUT2D eigenvalue weighted by Crippen LogP contribution is -2.54. The quantitative estimate of drug-likeness (QED) is 0.825. The Kier molecular flexibility index (Phi) is 4.49. The Bertz CT molecular complexity index is 736. The molecular weight excluding hydrogens is 325 g/mol. The Labute approximate surface area is 145 Å². The predicted molar refractivity (Wildman–Crippen MR) is 90.4 cm³/mol. The normalized spacial score (nSPS) is 26.0. The fourth-order valence-corrected chi connectivity index (χ4v) is 3.65. The molecule has 1 aromatic rings. The Hall–Kier alpha value is -2.44. The Balaban J connectivity index is 1.69. The number of nitrogens with one attached hydrogen (secondary N) is 2. The number of amides is 4. The van der Waals surface area contributed by atoms with Gasteiger partial charge in [-0.3, -0.25) is 14.5 Å². The minimum atomic E-state index is -0.883. The molecule has 1 aliphatic carbocycles. The highest BCUT2D eigenvalue weighted by atomic mass is 19.1. The van der Waals surface area contributed by atoms with Gasteiger partial charge in [-0.05, 0) is 43.4 Å². The van der Waals surface area contributed by atoms with Crippen LogP contribution < -0.4 is 10.6 Å². The summed E-state index contributed by atoms with van der Waals surface area (Å²) in [6.07, 6.45) is 3.37. The van der Waals surface area contributed by atoms with Crippen molar-refractivity contribution in [2.45, 2.75) is 45.1 Å². The highest BCUT2D eigenvalue weighted by Crippen LogP contribution is 2.38. The first-order valence-electron chi connectivity index (χ1n) is 8.53. The van der Waals surface area contributed by atoms with E-state index in [4.69, 9.17) is 0 Å². The number of hydrogen-bond donors (Lipinski definition) is 2. The van der Waals surface area contributed by atoms with Crippen LogP contribution in [0.4, 0.5) is 14.9 Å². The molecule has 0 unspecified atom stereocenters. The third-order valence-electron chi connectivity index (χ3n) is 5.26. The largest absolute Gasteiger partial charge is 0.325 e. The summed E-state index contributed by atoms with van der Waals surface area (Å²) in [5.41, 5.74) is -0.118. The van der Waals surface area contributed by atoms with Crippen LogP contribution in [0.15, 0.2) is 18.2 Å². The molecule has 6 nitrogen and oxygen atoms in total. The van der Waals surface area contributed by atoms with Gasteiger partial charge in [0.1, 0.15) is 17.9 Å². The van der Waals surface area contributed by atoms with E-state index in [2.05, 4.69) is 10.6 Å². The molecule has 0 bridgehead atoms. The summed E-state index contributed by atoms with van der Waals surface area (Å²) in [5, 5.41) is 5.33. The van der Waals surface area contributed by atoms with Crippen molar-refractivity contribution in [2.24, 2.45) is 5.92 Å². The molecule has 1 saturated carbocycles. The number of benzene rings is 1. The number of nitrogens with zero attached hydrogens (tertiary/aromatic N) is 1. The predicted octanol–water partition coefficient (Wildman–Crippen LogP) is 2.57. The van der Waals surface area contributed by atoms with Crippen LogP contribution >= 0.6 is 0 Å². The van der Waals surface area contributed by atoms with E-state index in [-0.39, 0.29) is 18.4 Å². The molecular formula is C18H22FN3O3. The van der Waals surface area contributed by atoms with Crippen molar-refractivity contribution in [1.82, 2.24) is 10.2 Å². The van der Waals surface area contributed by atoms with Gasteiger partial charge in [0.15, 0.2) is 0 Å². The van der Waals surface area contributed by atoms with E-state index in [1.165, 1.54) is 6.07 Å². The van der Waals surface area contributed by atoms with E-state index in [1.807, 2.05) is 6.92 Å². The second-order valence-corrected chi connectivity index (χ2v) is 6.95. The number of aryl methyl sites for hydroxylation is 1. The van der Waals surface area contributed by atoms with Crippen molar-refractivity contribution in [3.8, 4) is 0 Å². The lowest BCUT2D eigenvalue weighted by atomic mass is 9.73. The summed E-state index contributed by atoms with van der Waals surface area (Å²) in [7, 11) is 0. The first-order chi connectivity index (χ1) is 11.8. The monoisotopic (exact) mass is 347 g/mol. The van der Waals surface area contributed by atoms with Gasteiger partial charge in [-0.1, -0.05) is 25.8 Å². The van der Waals surface area contributed by atoms with Crippen molar-refractivity contribution < 1.29 is 18.8 Å². The topological polar surface area (TPSA) is 78.5 Å². The van der Waals surface area contributed by atoms with Crippen LogP contribution in [0.2, 0.25) is 0 Å². The zero-order valence-corrected chi connectivity index (χ0v) is 14.4. The third-order valence-corrected chi connectivity index (χ3v) is 5.26. The summed E-state index contributed by atoms with van der Waals surface area (Å²) >= 11 is 0. The van der Waals surface area contributed by atoms with Crippen LogP contribution in [0.3, 0.4) is 0 Å². The van der Waals surface area contributed by atoms with Crippen LogP contribution in [0.1, 0.15) is 38.2 Å². The second kappa shape index (κ2) is 6.46. The number of hydrogen-bond acceptors (Lipinski definition) is 3. The minimum absolute atomic E-state index is 0.0388. The molecule has 3 rings (SSSR count). The van der Waals surface area contributed by atoms with Gasteiger partial charge in [-0.2, -0.15) is 0 Å². The van der Waals surface area contributed by atoms with Crippen LogP contribution in [0.25, 0.3) is 0 Å². The van der Waals surface area contributed by atoms with Gasteiger partial charge < -0.3 is 10.6 Å². The highest BCUT2D eigenvalue weighted by Gasteiger charge is 2.55. The number of carbonyl (C=O) groups excluding carboxylic acids is 3. The first kappa shape index (κ1) is 17.4.